The third kappa shape index (κ3) is 2.83. The third-order valence-corrected chi connectivity index (χ3v) is 5.08. The highest BCUT2D eigenvalue weighted by Crippen LogP contribution is 2.34. The lowest BCUT2D eigenvalue weighted by molar-refractivity contribution is -0.0787. The molecule has 2 bridgehead atoms. The van der Waals surface area contributed by atoms with Crippen LogP contribution in [0.15, 0.2) is 33.4 Å². The smallest absolute Gasteiger partial charge is 0.133 e. The Morgan fingerprint density at radius 1 is 1.23 bits per heavy atom. The van der Waals surface area contributed by atoms with E-state index in [1.165, 1.54) is 6.42 Å². The minimum atomic E-state index is 0.645. The topological polar surface area (TPSA) is 45.4 Å². The Hall–Kier alpha value is -1.24. The van der Waals surface area contributed by atoms with Crippen molar-refractivity contribution in [3.05, 3.63) is 46.0 Å². The van der Waals surface area contributed by atoms with E-state index in [-0.39, 0.29) is 0 Å². The summed E-state index contributed by atoms with van der Waals surface area (Å²) in [6, 6.07) is 7.49. The lowest BCUT2D eigenvalue weighted by Gasteiger charge is -2.56. The van der Waals surface area contributed by atoms with E-state index in [1.54, 1.807) is 0 Å². The van der Waals surface area contributed by atoms with Crippen molar-refractivity contribution in [1.29, 1.82) is 0 Å². The summed E-state index contributed by atoms with van der Waals surface area (Å²) in [6.07, 6.45) is 3.18. The number of piperazine rings is 1. The van der Waals surface area contributed by atoms with Gasteiger partial charge in [-0.15, -0.1) is 0 Å². The molecule has 0 spiro atoms. The molecular weight excluding hydrogens is 344 g/mol. The second-order valence-electron chi connectivity index (χ2n) is 6.31. The highest BCUT2D eigenvalue weighted by atomic mass is 79.9. The maximum atomic E-state index is 5.17. The molecule has 3 aliphatic heterocycles. The summed E-state index contributed by atoms with van der Waals surface area (Å²) in [5, 5.41) is 4.12. The number of piperidine rings is 1. The van der Waals surface area contributed by atoms with Crippen LogP contribution < -0.4 is 0 Å². The van der Waals surface area contributed by atoms with Gasteiger partial charge in [-0.05, 0) is 41.4 Å². The first kappa shape index (κ1) is 14.4. The molecule has 0 amide bonds. The zero-order valence-electron chi connectivity index (χ0n) is 12.6. The Bertz CT molecular complexity index is 644. The molecule has 5 rings (SSSR count). The fourth-order valence-corrected chi connectivity index (χ4v) is 3.80. The predicted molar refractivity (Wildman–Crippen MR) is 86.2 cm³/mol. The summed E-state index contributed by atoms with van der Waals surface area (Å²) < 4.78 is 6.20. The van der Waals surface area contributed by atoms with Gasteiger partial charge in [-0.2, -0.15) is 0 Å². The lowest BCUT2D eigenvalue weighted by Crippen LogP contribution is -2.67. The molecule has 3 saturated heterocycles. The minimum absolute atomic E-state index is 0.645. The molecule has 0 aromatic carbocycles. The lowest BCUT2D eigenvalue weighted by atomic mass is 9.87. The summed E-state index contributed by atoms with van der Waals surface area (Å²) in [7, 11) is 0. The van der Waals surface area contributed by atoms with Gasteiger partial charge in [0.2, 0.25) is 0 Å². The van der Waals surface area contributed by atoms with Crippen molar-refractivity contribution in [3.8, 4) is 0 Å². The van der Waals surface area contributed by atoms with Gasteiger partial charge < -0.3 is 4.52 Å². The molecular formula is C16H19BrN4O. The summed E-state index contributed by atoms with van der Waals surface area (Å²) in [6.45, 7) is 6.03. The van der Waals surface area contributed by atoms with Crippen molar-refractivity contribution in [1.82, 2.24) is 19.9 Å². The van der Waals surface area contributed by atoms with E-state index in [0.717, 1.165) is 47.8 Å². The van der Waals surface area contributed by atoms with Crippen LogP contribution in [-0.2, 0) is 13.1 Å². The van der Waals surface area contributed by atoms with Gasteiger partial charge in [0.25, 0.3) is 0 Å². The van der Waals surface area contributed by atoms with Crippen LogP contribution in [0.2, 0.25) is 0 Å². The Morgan fingerprint density at radius 2 is 2.05 bits per heavy atom. The zero-order valence-corrected chi connectivity index (χ0v) is 14.2. The monoisotopic (exact) mass is 362 g/mol. The van der Waals surface area contributed by atoms with Crippen LogP contribution in [0, 0.1) is 6.92 Å². The summed E-state index contributed by atoms with van der Waals surface area (Å²) >= 11 is 3.43. The van der Waals surface area contributed by atoms with E-state index < -0.39 is 0 Å². The van der Waals surface area contributed by atoms with E-state index in [1.807, 2.05) is 19.2 Å². The van der Waals surface area contributed by atoms with E-state index in [2.05, 4.69) is 48.0 Å². The molecule has 22 heavy (non-hydrogen) atoms. The summed E-state index contributed by atoms with van der Waals surface area (Å²) in [5.41, 5.74) is 2.19. The Kier molecular flexibility index (Phi) is 3.76. The maximum Gasteiger partial charge on any atom is 0.133 e. The van der Waals surface area contributed by atoms with Crippen molar-refractivity contribution in [2.45, 2.75) is 38.5 Å². The Balaban J connectivity index is 1.35. The average molecular weight is 363 g/mol. The van der Waals surface area contributed by atoms with Crippen molar-refractivity contribution in [3.63, 3.8) is 0 Å². The molecule has 0 N–H and O–H groups in total. The van der Waals surface area contributed by atoms with Crippen LogP contribution in [0.5, 0.6) is 0 Å². The van der Waals surface area contributed by atoms with Crippen LogP contribution in [-0.4, -0.2) is 45.1 Å². The molecule has 5 nitrogen and oxygen atoms in total. The fourth-order valence-electron chi connectivity index (χ4n) is 3.57. The molecule has 0 aliphatic carbocycles. The SMILES string of the molecule is Cc1cc(CN2C3CC2CN(Cc2ccc(Br)cn2)C3)no1. The van der Waals surface area contributed by atoms with Crippen LogP contribution in [0.1, 0.15) is 23.6 Å². The van der Waals surface area contributed by atoms with Crippen molar-refractivity contribution >= 4 is 15.9 Å². The van der Waals surface area contributed by atoms with Gasteiger partial charge in [-0.1, -0.05) is 5.16 Å². The standard InChI is InChI=1S/C16H19BrN4O/c1-11-4-14(19-22-11)8-21-15-5-16(21)10-20(9-15)7-13-3-2-12(17)6-18-13/h2-4,6,15-16H,5,7-10H2,1H3. The molecule has 116 valence electrons. The first-order chi connectivity index (χ1) is 10.7. The van der Waals surface area contributed by atoms with Crippen LogP contribution in [0.3, 0.4) is 0 Å². The molecule has 5 heterocycles. The molecule has 2 aromatic rings. The Morgan fingerprint density at radius 3 is 2.68 bits per heavy atom. The second-order valence-corrected chi connectivity index (χ2v) is 7.22. The molecule has 2 unspecified atom stereocenters. The first-order valence-corrected chi connectivity index (χ1v) is 8.47. The van der Waals surface area contributed by atoms with Crippen LogP contribution >= 0.6 is 15.9 Å². The van der Waals surface area contributed by atoms with Gasteiger partial charge >= 0.3 is 0 Å². The van der Waals surface area contributed by atoms with E-state index in [0.29, 0.717) is 12.1 Å². The van der Waals surface area contributed by atoms with Gasteiger partial charge in [0.05, 0.1) is 11.4 Å². The predicted octanol–water partition coefficient (Wildman–Crippen LogP) is 2.60. The highest BCUT2D eigenvalue weighted by Gasteiger charge is 2.44. The highest BCUT2D eigenvalue weighted by molar-refractivity contribution is 9.10. The fraction of sp³-hybridized carbons (Fsp3) is 0.500. The molecule has 3 aliphatic rings. The molecule has 2 atom stereocenters. The number of hydrogen-bond acceptors (Lipinski definition) is 5. The van der Waals surface area contributed by atoms with Crippen molar-refractivity contribution in [2.24, 2.45) is 0 Å². The van der Waals surface area contributed by atoms with Gasteiger partial charge in [-0.3, -0.25) is 14.8 Å². The number of aryl methyl sites for hydroxylation is 1. The average Bonchev–Trinajstić information content (AvgIpc) is 2.93. The van der Waals surface area contributed by atoms with Crippen LogP contribution in [0.25, 0.3) is 0 Å². The maximum absolute atomic E-state index is 5.17. The molecule has 2 aromatic heterocycles. The molecule has 3 fully saturated rings. The number of nitrogens with zero attached hydrogens (tertiary/aromatic N) is 4. The van der Waals surface area contributed by atoms with Gasteiger partial charge in [0, 0.05) is 55.0 Å². The van der Waals surface area contributed by atoms with Gasteiger partial charge in [0.1, 0.15) is 5.76 Å². The Labute approximate surface area is 138 Å². The molecule has 0 saturated carbocycles. The molecule has 0 radical (unpaired) electrons. The minimum Gasteiger partial charge on any atom is -0.361 e. The van der Waals surface area contributed by atoms with E-state index in [4.69, 9.17) is 4.52 Å². The number of fused-ring (bicyclic) bond motifs is 2. The quantitative estimate of drug-likeness (QED) is 0.836. The summed E-state index contributed by atoms with van der Waals surface area (Å²) in [4.78, 5) is 9.55. The first-order valence-electron chi connectivity index (χ1n) is 7.68. The van der Waals surface area contributed by atoms with Crippen LogP contribution in [0.4, 0.5) is 0 Å². The summed E-state index contributed by atoms with van der Waals surface area (Å²) in [5.74, 6) is 0.892. The van der Waals surface area contributed by atoms with Gasteiger partial charge in [0.15, 0.2) is 0 Å². The number of pyridine rings is 1. The third-order valence-electron chi connectivity index (χ3n) is 4.62. The van der Waals surface area contributed by atoms with E-state index in [9.17, 15) is 0 Å². The van der Waals surface area contributed by atoms with Crippen molar-refractivity contribution < 1.29 is 4.52 Å². The largest absolute Gasteiger partial charge is 0.361 e. The zero-order chi connectivity index (χ0) is 15.1. The number of halogens is 1. The van der Waals surface area contributed by atoms with Crippen molar-refractivity contribution in [2.75, 3.05) is 13.1 Å². The second kappa shape index (κ2) is 5.76. The normalized spacial score (nSPS) is 25.2. The van der Waals surface area contributed by atoms with E-state index >= 15 is 0 Å². The number of aromatic nitrogens is 2. The van der Waals surface area contributed by atoms with Gasteiger partial charge in [-0.25, -0.2) is 0 Å². The number of rotatable bonds is 4. The molecule has 6 heteroatoms. The number of hydrogen-bond donors (Lipinski definition) is 0.